The van der Waals surface area contributed by atoms with Crippen molar-refractivity contribution in [2.24, 2.45) is 5.92 Å². The van der Waals surface area contributed by atoms with Crippen molar-refractivity contribution in [3.63, 3.8) is 0 Å². The molecule has 0 N–H and O–H groups in total. The summed E-state index contributed by atoms with van der Waals surface area (Å²) in [6.07, 6.45) is 2.81. The van der Waals surface area contributed by atoms with Crippen LogP contribution in [0, 0.1) is 5.92 Å². The van der Waals surface area contributed by atoms with Crippen LogP contribution in [-0.4, -0.2) is 73.7 Å². The monoisotopic (exact) mass is 437 g/mol. The largest absolute Gasteiger partial charge is 0.341 e. The Morgan fingerprint density at radius 3 is 2.38 bits per heavy atom. The Hall–Kier alpha value is -1.58. The molecule has 1 atom stereocenters. The summed E-state index contributed by atoms with van der Waals surface area (Å²) in [7, 11) is -3.66. The Morgan fingerprint density at radius 2 is 1.72 bits per heavy atom. The van der Waals surface area contributed by atoms with E-state index in [2.05, 4.69) is 0 Å². The summed E-state index contributed by atoms with van der Waals surface area (Å²) >= 11 is 1.85. The molecule has 1 unspecified atom stereocenters. The molecule has 0 bridgehead atoms. The number of rotatable bonds is 4. The molecule has 9 heteroatoms. The third kappa shape index (κ3) is 4.32. The SMILES string of the molecule is O=C(C1CCCN(S(=O)(=O)c2ccc(N3CCCC3=O)cc2)C1)N1CCSCC1. The molecule has 0 spiro atoms. The first-order valence-corrected chi connectivity index (χ1v) is 12.8. The first-order chi connectivity index (χ1) is 14.0. The Kier molecular flexibility index (Phi) is 6.17. The molecule has 0 saturated carbocycles. The minimum atomic E-state index is -3.66. The molecule has 3 aliphatic rings. The first kappa shape index (κ1) is 20.7. The van der Waals surface area contributed by atoms with Gasteiger partial charge in [-0.05, 0) is 43.5 Å². The van der Waals surface area contributed by atoms with Crippen molar-refractivity contribution in [3.05, 3.63) is 24.3 Å². The van der Waals surface area contributed by atoms with Crippen LogP contribution in [0.4, 0.5) is 5.69 Å². The fraction of sp³-hybridized carbons (Fsp3) is 0.600. The second-order valence-corrected chi connectivity index (χ2v) is 10.9. The van der Waals surface area contributed by atoms with Gasteiger partial charge >= 0.3 is 0 Å². The van der Waals surface area contributed by atoms with Gasteiger partial charge in [0.25, 0.3) is 0 Å². The maximum atomic E-state index is 13.1. The summed E-state index contributed by atoms with van der Waals surface area (Å²) in [5.74, 6) is 1.81. The number of amides is 2. The molecule has 7 nitrogen and oxygen atoms in total. The predicted octanol–water partition coefficient (Wildman–Crippen LogP) is 1.79. The molecular weight excluding hydrogens is 410 g/mol. The summed E-state index contributed by atoms with van der Waals surface area (Å²) in [6, 6.07) is 6.55. The van der Waals surface area contributed by atoms with Crippen LogP contribution in [0.25, 0.3) is 0 Å². The highest BCUT2D eigenvalue weighted by atomic mass is 32.2. The van der Waals surface area contributed by atoms with E-state index in [9.17, 15) is 18.0 Å². The number of sulfonamides is 1. The van der Waals surface area contributed by atoms with Crippen molar-refractivity contribution in [3.8, 4) is 0 Å². The average Bonchev–Trinajstić information content (AvgIpc) is 3.20. The zero-order valence-electron chi connectivity index (χ0n) is 16.5. The molecule has 3 aliphatic heterocycles. The smallest absolute Gasteiger partial charge is 0.243 e. The van der Waals surface area contributed by atoms with Gasteiger partial charge in [-0.1, -0.05) is 0 Å². The Bertz CT molecular complexity index is 866. The van der Waals surface area contributed by atoms with Crippen LogP contribution in [0.2, 0.25) is 0 Å². The quantitative estimate of drug-likeness (QED) is 0.718. The van der Waals surface area contributed by atoms with Crippen LogP contribution in [-0.2, 0) is 19.6 Å². The first-order valence-electron chi connectivity index (χ1n) is 10.2. The molecule has 0 aromatic heterocycles. The van der Waals surface area contributed by atoms with E-state index in [0.717, 1.165) is 43.1 Å². The lowest BCUT2D eigenvalue weighted by atomic mass is 9.98. The van der Waals surface area contributed by atoms with Gasteiger partial charge in [-0.2, -0.15) is 16.1 Å². The molecule has 3 saturated heterocycles. The van der Waals surface area contributed by atoms with Gasteiger partial charge in [0.2, 0.25) is 21.8 Å². The number of hydrogen-bond donors (Lipinski definition) is 0. The summed E-state index contributed by atoms with van der Waals surface area (Å²) in [5.41, 5.74) is 0.737. The lowest BCUT2D eigenvalue weighted by molar-refractivity contribution is -0.136. The number of benzene rings is 1. The fourth-order valence-corrected chi connectivity index (χ4v) is 6.70. The van der Waals surface area contributed by atoms with E-state index in [1.54, 1.807) is 29.2 Å². The van der Waals surface area contributed by atoms with E-state index in [-0.39, 0.29) is 29.2 Å². The van der Waals surface area contributed by atoms with Crippen LogP contribution in [0.5, 0.6) is 0 Å². The summed E-state index contributed by atoms with van der Waals surface area (Å²) in [4.78, 5) is 28.5. The maximum Gasteiger partial charge on any atom is 0.243 e. The van der Waals surface area contributed by atoms with E-state index >= 15 is 0 Å². The molecule has 158 valence electrons. The third-order valence-electron chi connectivity index (χ3n) is 5.92. The molecule has 29 heavy (non-hydrogen) atoms. The minimum absolute atomic E-state index is 0.0779. The fourth-order valence-electron chi connectivity index (χ4n) is 4.27. The molecule has 0 radical (unpaired) electrons. The van der Waals surface area contributed by atoms with Gasteiger partial charge in [0, 0.05) is 56.3 Å². The molecule has 1 aromatic rings. The topological polar surface area (TPSA) is 78.0 Å². The lowest BCUT2D eigenvalue weighted by Gasteiger charge is -2.35. The van der Waals surface area contributed by atoms with Crippen molar-refractivity contribution in [2.45, 2.75) is 30.6 Å². The highest BCUT2D eigenvalue weighted by Gasteiger charge is 2.35. The number of thioether (sulfide) groups is 1. The van der Waals surface area contributed by atoms with Crippen molar-refractivity contribution in [1.82, 2.24) is 9.21 Å². The number of carbonyl (C=O) groups is 2. The van der Waals surface area contributed by atoms with Gasteiger partial charge in [0.05, 0.1) is 10.8 Å². The third-order valence-corrected chi connectivity index (χ3v) is 8.74. The number of hydrogen-bond acceptors (Lipinski definition) is 5. The van der Waals surface area contributed by atoms with Crippen molar-refractivity contribution in [2.75, 3.05) is 49.1 Å². The van der Waals surface area contributed by atoms with Gasteiger partial charge in [0.15, 0.2) is 0 Å². The Labute approximate surface area is 176 Å². The molecule has 3 heterocycles. The van der Waals surface area contributed by atoms with Gasteiger partial charge in [-0.3, -0.25) is 9.59 Å². The average molecular weight is 438 g/mol. The Morgan fingerprint density at radius 1 is 1.00 bits per heavy atom. The summed E-state index contributed by atoms with van der Waals surface area (Å²) < 4.78 is 27.7. The van der Waals surface area contributed by atoms with Crippen LogP contribution in [0.15, 0.2) is 29.2 Å². The lowest BCUT2D eigenvalue weighted by Crippen LogP contribution is -2.48. The zero-order valence-corrected chi connectivity index (χ0v) is 18.1. The van der Waals surface area contributed by atoms with Crippen LogP contribution in [0.3, 0.4) is 0 Å². The highest BCUT2D eigenvalue weighted by Crippen LogP contribution is 2.28. The van der Waals surface area contributed by atoms with E-state index in [1.165, 1.54) is 4.31 Å². The van der Waals surface area contributed by atoms with Crippen molar-refractivity contribution < 1.29 is 18.0 Å². The molecule has 1 aromatic carbocycles. The van der Waals surface area contributed by atoms with Crippen LogP contribution in [0.1, 0.15) is 25.7 Å². The summed E-state index contributed by atoms with van der Waals surface area (Å²) in [6.45, 7) is 2.87. The van der Waals surface area contributed by atoms with Crippen LogP contribution >= 0.6 is 11.8 Å². The van der Waals surface area contributed by atoms with E-state index in [1.807, 2.05) is 16.7 Å². The molecular formula is C20H27N3O4S2. The predicted molar refractivity (Wildman–Crippen MR) is 113 cm³/mol. The Balaban J connectivity index is 1.46. The highest BCUT2D eigenvalue weighted by molar-refractivity contribution is 7.99. The maximum absolute atomic E-state index is 13.1. The van der Waals surface area contributed by atoms with Crippen LogP contribution < -0.4 is 4.90 Å². The van der Waals surface area contributed by atoms with Crippen molar-refractivity contribution >= 4 is 39.3 Å². The number of nitrogens with zero attached hydrogens (tertiary/aromatic N) is 3. The molecule has 3 fully saturated rings. The van der Waals surface area contributed by atoms with Gasteiger partial charge in [-0.15, -0.1) is 0 Å². The number of piperidine rings is 1. The second-order valence-electron chi connectivity index (χ2n) is 7.78. The summed E-state index contributed by atoms with van der Waals surface area (Å²) in [5, 5.41) is 0. The molecule has 2 amide bonds. The number of anilines is 1. The van der Waals surface area contributed by atoms with E-state index < -0.39 is 10.0 Å². The van der Waals surface area contributed by atoms with E-state index in [4.69, 9.17) is 0 Å². The number of carbonyl (C=O) groups excluding carboxylic acids is 2. The van der Waals surface area contributed by atoms with E-state index in [0.29, 0.717) is 25.9 Å². The second kappa shape index (κ2) is 8.65. The van der Waals surface area contributed by atoms with Gasteiger partial charge in [0.1, 0.15) is 0 Å². The molecule has 0 aliphatic carbocycles. The standard InChI is InChI=1S/C20H27N3O4S2/c24-19-4-2-10-23(19)17-5-7-18(8-6-17)29(26,27)22-9-1-3-16(15-22)20(25)21-11-13-28-14-12-21/h5-8,16H,1-4,9-15H2. The normalized spacial score (nSPS) is 24.1. The van der Waals surface area contributed by atoms with Gasteiger partial charge < -0.3 is 9.80 Å². The van der Waals surface area contributed by atoms with Crippen molar-refractivity contribution in [1.29, 1.82) is 0 Å². The molecule has 4 rings (SSSR count). The zero-order chi connectivity index (χ0) is 20.4. The van der Waals surface area contributed by atoms with Gasteiger partial charge in [-0.25, -0.2) is 8.42 Å². The minimum Gasteiger partial charge on any atom is -0.341 e.